The van der Waals surface area contributed by atoms with E-state index < -0.39 is 6.09 Å². The lowest BCUT2D eigenvalue weighted by Crippen LogP contribution is -2.26. The van der Waals surface area contributed by atoms with E-state index in [1.54, 1.807) is 32.4 Å². The maximum Gasteiger partial charge on any atom is 0.414 e. The van der Waals surface area contributed by atoms with Crippen LogP contribution in [0.25, 0.3) is 0 Å². The third kappa shape index (κ3) is 3.95. The molecule has 0 bridgehead atoms. The van der Waals surface area contributed by atoms with E-state index in [-0.39, 0.29) is 0 Å². The summed E-state index contributed by atoms with van der Waals surface area (Å²) >= 11 is 0. The van der Waals surface area contributed by atoms with Crippen molar-refractivity contribution in [1.82, 2.24) is 9.88 Å². The van der Waals surface area contributed by atoms with E-state index in [2.05, 4.69) is 9.88 Å². The van der Waals surface area contributed by atoms with Gasteiger partial charge >= 0.3 is 6.09 Å². The smallest absolute Gasteiger partial charge is 0.408 e. The predicted molar refractivity (Wildman–Crippen MR) is 82.5 cm³/mol. The van der Waals surface area contributed by atoms with Crippen LogP contribution in [0.3, 0.4) is 0 Å². The molecule has 0 saturated heterocycles. The number of ether oxygens (including phenoxy) is 1. The Kier molecular flexibility index (Phi) is 4.77. The summed E-state index contributed by atoms with van der Waals surface area (Å²) in [4.78, 5) is 19.4. The maximum absolute atomic E-state index is 11.7. The van der Waals surface area contributed by atoms with Gasteiger partial charge in [0.25, 0.3) is 0 Å². The van der Waals surface area contributed by atoms with Crippen molar-refractivity contribution in [3.8, 4) is 5.75 Å². The van der Waals surface area contributed by atoms with Gasteiger partial charge in [-0.25, -0.2) is 4.79 Å². The molecule has 2 rings (SSSR count). The minimum Gasteiger partial charge on any atom is -0.408 e. The summed E-state index contributed by atoms with van der Waals surface area (Å²) in [5.74, 6) is 0.485. The van der Waals surface area contributed by atoms with Gasteiger partial charge < -0.3 is 14.5 Å². The Bertz CT molecular complexity index is 599. The molecular weight excluding hydrogens is 266 g/mol. The van der Waals surface area contributed by atoms with Gasteiger partial charge in [0.15, 0.2) is 5.75 Å². The molecule has 0 aliphatic carbocycles. The normalized spacial score (nSPS) is 10.0. The molecule has 5 heteroatoms. The number of hydrogen-bond acceptors (Lipinski definition) is 4. The summed E-state index contributed by atoms with van der Waals surface area (Å²) in [7, 11) is 5.27. The van der Waals surface area contributed by atoms with Gasteiger partial charge in [0.1, 0.15) is 5.69 Å². The molecule has 1 aromatic heterocycles. The molecule has 110 valence electrons. The molecule has 2 aromatic rings. The first-order valence-corrected chi connectivity index (χ1v) is 6.67. The van der Waals surface area contributed by atoms with E-state index in [1.807, 2.05) is 37.4 Å². The van der Waals surface area contributed by atoms with Crippen LogP contribution >= 0.6 is 0 Å². The fourth-order valence-electron chi connectivity index (χ4n) is 1.82. The number of pyridine rings is 1. The molecule has 1 heterocycles. The first kappa shape index (κ1) is 14.8. The van der Waals surface area contributed by atoms with Crippen LogP contribution in [0.1, 0.15) is 5.69 Å². The maximum atomic E-state index is 11.7. The summed E-state index contributed by atoms with van der Waals surface area (Å²) in [6, 6.07) is 13.5. The zero-order valence-electron chi connectivity index (χ0n) is 12.5. The quantitative estimate of drug-likeness (QED) is 0.866. The number of anilines is 1. The molecule has 0 atom stereocenters. The number of rotatable bonds is 4. The topological polar surface area (TPSA) is 45.7 Å². The van der Waals surface area contributed by atoms with Crippen molar-refractivity contribution in [2.45, 2.75) is 6.54 Å². The highest BCUT2D eigenvalue weighted by atomic mass is 16.6. The Morgan fingerprint density at radius 3 is 2.48 bits per heavy atom. The highest BCUT2D eigenvalue weighted by Crippen LogP contribution is 2.20. The first-order valence-electron chi connectivity index (χ1n) is 6.67. The number of aromatic nitrogens is 1. The number of carbonyl (C=O) groups is 1. The molecule has 0 unspecified atom stereocenters. The molecule has 21 heavy (non-hydrogen) atoms. The molecule has 0 radical (unpaired) electrons. The number of para-hydroxylation sites is 1. The number of hydrogen-bond donors (Lipinski definition) is 0. The van der Waals surface area contributed by atoms with Crippen molar-refractivity contribution in [2.24, 2.45) is 0 Å². The van der Waals surface area contributed by atoms with E-state index >= 15 is 0 Å². The molecule has 0 N–H and O–H groups in total. The van der Waals surface area contributed by atoms with Crippen LogP contribution in [0.4, 0.5) is 10.5 Å². The predicted octanol–water partition coefficient (Wildman–Crippen LogP) is 2.78. The Morgan fingerprint density at radius 2 is 1.81 bits per heavy atom. The molecule has 0 aliphatic rings. The third-order valence-corrected chi connectivity index (χ3v) is 2.99. The first-order chi connectivity index (χ1) is 10.1. The van der Waals surface area contributed by atoms with Crippen LogP contribution < -0.4 is 9.64 Å². The second-order valence-corrected chi connectivity index (χ2v) is 4.90. The zero-order valence-corrected chi connectivity index (χ0v) is 12.5. The average Bonchev–Trinajstić information content (AvgIpc) is 2.50. The van der Waals surface area contributed by atoms with Crippen LogP contribution in [0.5, 0.6) is 5.75 Å². The lowest BCUT2D eigenvalue weighted by molar-refractivity contribution is 0.171. The third-order valence-electron chi connectivity index (χ3n) is 2.99. The zero-order chi connectivity index (χ0) is 15.2. The average molecular weight is 285 g/mol. The Balaban J connectivity index is 2.15. The summed E-state index contributed by atoms with van der Waals surface area (Å²) in [5, 5.41) is 0. The SMILES string of the molecule is CN(C)C(=O)Oc1cccnc1CN(C)c1ccccc1. The number of carbonyl (C=O) groups excluding carboxylic acids is 1. The Labute approximate surface area is 124 Å². The number of nitrogens with zero attached hydrogens (tertiary/aromatic N) is 3. The van der Waals surface area contributed by atoms with Crippen LogP contribution in [-0.2, 0) is 6.54 Å². The molecule has 1 aromatic carbocycles. The van der Waals surface area contributed by atoms with Gasteiger partial charge in [0.05, 0.1) is 6.54 Å². The minimum atomic E-state index is -0.411. The monoisotopic (exact) mass is 285 g/mol. The summed E-state index contributed by atoms with van der Waals surface area (Å²) in [5.41, 5.74) is 1.80. The van der Waals surface area contributed by atoms with Gasteiger partial charge in [0.2, 0.25) is 0 Å². The summed E-state index contributed by atoms with van der Waals surface area (Å²) < 4.78 is 5.34. The van der Waals surface area contributed by atoms with E-state index in [4.69, 9.17) is 4.74 Å². The number of amides is 1. The van der Waals surface area contributed by atoms with Crippen molar-refractivity contribution in [1.29, 1.82) is 0 Å². The van der Waals surface area contributed by atoms with Crippen LogP contribution in [0.15, 0.2) is 48.7 Å². The van der Waals surface area contributed by atoms with Crippen LogP contribution in [0.2, 0.25) is 0 Å². The van der Waals surface area contributed by atoms with Crippen molar-refractivity contribution in [2.75, 3.05) is 26.0 Å². The van der Waals surface area contributed by atoms with E-state index in [9.17, 15) is 4.79 Å². The van der Waals surface area contributed by atoms with Gasteiger partial charge in [-0.1, -0.05) is 18.2 Å². The van der Waals surface area contributed by atoms with Crippen molar-refractivity contribution in [3.05, 3.63) is 54.4 Å². The molecule has 5 nitrogen and oxygen atoms in total. The van der Waals surface area contributed by atoms with Gasteiger partial charge in [-0.05, 0) is 24.3 Å². The second-order valence-electron chi connectivity index (χ2n) is 4.90. The lowest BCUT2D eigenvalue weighted by Gasteiger charge is -2.20. The number of benzene rings is 1. The van der Waals surface area contributed by atoms with E-state index in [1.165, 1.54) is 4.90 Å². The Morgan fingerprint density at radius 1 is 1.10 bits per heavy atom. The second kappa shape index (κ2) is 6.74. The molecule has 0 saturated carbocycles. The van der Waals surface area contributed by atoms with E-state index in [0.29, 0.717) is 12.3 Å². The van der Waals surface area contributed by atoms with Crippen molar-refractivity contribution < 1.29 is 9.53 Å². The van der Waals surface area contributed by atoms with Gasteiger partial charge in [-0.3, -0.25) is 4.98 Å². The fourth-order valence-corrected chi connectivity index (χ4v) is 1.82. The Hall–Kier alpha value is -2.56. The minimum absolute atomic E-state index is 0.411. The van der Waals surface area contributed by atoms with Crippen molar-refractivity contribution in [3.63, 3.8) is 0 Å². The van der Waals surface area contributed by atoms with Crippen molar-refractivity contribution >= 4 is 11.8 Å². The molecule has 1 amide bonds. The summed E-state index contributed by atoms with van der Waals surface area (Å²) in [6.45, 7) is 0.556. The van der Waals surface area contributed by atoms with Gasteiger partial charge in [-0.15, -0.1) is 0 Å². The molecular formula is C16H19N3O2. The lowest BCUT2D eigenvalue weighted by atomic mass is 10.2. The molecule has 0 spiro atoms. The fraction of sp³-hybridized carbons (Fsp3) is 0.250. The highest BCUT2D eigenvalue weighted by molar-refractivity contribution is 5.70. The van der Waals surface area contributed by atoms with Crippen LogP contribution in [-0.4, -0.2) is 37.1 Å². The molecule has 0 fully saturated rings. The van der Waals surface area contributed by atoms with Crippen LogP contribution in [0, 0.1) is 0 Å². The largest absolute Gasteiger partial charge is 0.414 e. The van der Waals surface area contributed by atoms with Gasteiger partial charge in [0, 0.05) is 33.0 Å². The van der Waals surface area contributed by atoms with Gasteiger partial charge in [-0.2, -0.15) is 0 Å². The highest BCUT2D eigenvalue weighted by Gasteiger charge is 2.13. The summed E-state index contributed by atoms with van der Waals surface area (Å²) in [6.07, 6.45) is 1.29. The van der Waals surface area contributed by atoms with E-state index in [0.717, 1.165) is 11.4 Å². The molecule has 0 aliphatic heterocycles. The standard InChI is InChI=1S/C16H19N3O2/c1-18(2)16(20)21-15-10-7-11-17-14(15)12-19(3)13-8-5-4-6-9-13/h4-11H,12H2,1-3H3.